The standard InChI is InChI=1S/C17H24O3/c1-5-7-10-19-16-9-8-14(15(18)6-2)11-17(16)20-12-13(3)4/h8-9,11H,3,5-7,10,12H2,1-2,4H3. The smallest absolute Gasteiger partial charge is 0.162 e. The molecular formula is C17H24O3. The van der Waals surface area contributed by atoms with Crippen LogP contribution in [0.3, 0.4) is 0 Å². The molecule has 0 unspecified atom stereocenters. The fourth-order valence-electron chi connectivity index (χ4n) is 1.65. The van der Waals surface area contributed by atoms with Crippen LogP contribution in [0.5, 0.6) is 11.5 Å². The van der Waals surface area contributed by atoms with Gasteiger partial charge in [0.05, 0.1) is 6.61 Å². The molecule has 0 aliphatic rings. The lowest BCUT2D eigenvalue weighted by Gasteiger charge is -2.14. The molecule has 0 aromatic heterocycles. The lowest BCUT2D eigenvalue weighted by atomic mass is 10.1. The van der Waals surface area contributed by atoms with Crippen LogP contribution >= 0.6 is 0 Å². The number of carbonyl (C=O) groups excluding carboxylic acids is 1. The molecule has 0 saturated heterocycles. The van der Waals surface area contributed by atoms with Crippen molar-refractivity contribution in [3.63, 3.8) is 0 Å². The number of ketones is 1. The van der Waals surface area contributed by atoms with E-state index in [0.717, 1.165) is 18.4 Å². The quantitative estimate of drug-likeness (QED) is 0.380. The van der Waals surface area contributed by atoms with Gasteiger partial charge in [0.1, 0.15) is 6.61 Å². The number of carbonyl (C=O) groups is 1. The van der Waals surface area contributed by atoms with Crippen LogP contribution in [0.1, 0.15) is 50.4 Å². The van der Waals surface area contributed by atoms with Crippen LogP contribution in [0.4, 0.5) is 0 Å². The zero-order chi connectivity index (χ0) is 15.0. The van der Waals surface area contributed by atoms with Crippen LogP contribution in [0.2, 0.25) is 0 Å². The Morgan fingerprint density at radius 1 is 1.20 bits per heavy atom. The van der Waals surface area contributed by atoms with Crippen molar-refractivity contribution >= 4 is 5.78 Å². The van der Waals surface area contributed by atoms with Gasteiger partial charge in [-0.2, -0.15) is 0 Å². The first-order valence-electron chi connectivity index (χ1n) is 7.15. The lowest BCUT2D eigenvalue weighted by Crippen LogP contribution is -2.05. The van der Waals surface area contributed by atoms with E-state index in [1.165, 1.54) is 0 Å². The molecule has 0 fully saturated rings. The van der Waals surface area contributed by atoms with Crippen molar-refractivity contribution in [2.45, 2.75) is 40.0 Å². The zero-order valence-corrected chi connectivity index (χ0v) is 12.7. The van der Waals surface area contributed by atoms with Crippen LogP contribution < -0.4 is 9.47 Å². The summed E-state index contributed by atoms with van der Waals surface area (Å²) < 4.78 is 11.4. The molecule has 20 heavy (non-hydrogen) atoms. The summed E-state index contributed by atoms with van der Waals surface area (Å²) in [6.07, 6.45) is 2.56. The summed E-state index contributed by atoms with van der Waals surface area (Å²) in [7, 11) is 0. The van der Waals surface area contributed by atoms with E-state index in [9.17, 15) is 4.79 Å². The Kier molecular flexibility index (Phi) is 6.85. The third kappa shape index (κ3) is 5.08. The van der Waals surface area contributed by atoms with Gasteiger partial charge >= 0.3 is 0 Å². The number of unbranched alkanes of at least 4 members (excludes halogenated alkanes) is 1. The normalized spacial score (nSPS) is 10.2. The fourth-order valence-corrected chi connectivity index (χ4v) is 1.65. The molecule has 0 spiro atoms. The van der Waals surface area contributed by atoms with Crippen molar-refractivity contribution in [3.8, 4) is 11.5 Å². The van der Waals surface area contributed by atoms with E-state index in [4.69, 9.17) is 9.47 Å². The molecule has 3 heteroatoms. The van der Waals surface area contributed by atoms with Crippen molar-refractivity contribution in [2.24, 2.45) is 0 Å². The second kappa shape index (κ2) is 8.41. The first-order chi connectivity index (χ1) is 9.58. The van der Waals surface area contributed by atoms with Gasteiger partial charge in [0, 0.05) is 12.0 Å². The molecule has 1 rings (SSSR count). The minimum Gasteiger partial charge on any atom is -0.490 e. The van der Waals surface area contributed by atoms with Crippen molar-refractivity contribution in [2.75, 3.05) is 13.2 Å². The summed E-state index contributed by atoms with van der Waals surface area (Å²) in [5.74, 6) is 1.40. The summed E-state index contributed by atoms with van der Waals surface area (Å²) in [5.41, 5.74) is 1.59. The first kappa shape index (κ1) is 16.3. The SMILES string of the molecule is C=C(C)COc1cc(C(=O)CC)ccc1OCCCC. The highest BCUT2D eigenvalue weighted by atomic mass is 16.5. The van der Waals surface area contributed by atoms with Gasteiger partial charge < -0.3 is 9.47 Å². The van der Waals surface area contributed by atoms with Crippen LogP contribution in [0.15, 0.2) is 30.4 Å². The summed E-state index contributed by atoms with van der Waals surface area (Å²) in [6.45, 7) is 10.8. The third-order valence-corrected chi connectivity index (χ3v) is 2.82. The third-order valence-electron chi connectivity index (χ3n) is 2.82. The topological polar surface area (TPSA) is 35.5 Å². The predicted molar refractivity (Wildman–Crippen MR) is 81.8 cm³/mol. The number of Topliss-reactive ketones (excluding diaryl/α,β-unsaturated/α-hetero) is 1. The lowest BCUT2D eigenvalue weighted by molar-refractivity contribution is 0.0987. The molecule has 0 atom stereocenters. The highest BCUT2D eigenvalue weighted by molar-refractivity contribution is 5.96. The van der Waals surface area contributed by atoms with Gasteiger partial charge in [-0.05, 0) is 37.1 Å². The summed E-state index contributed by atoms with van der Waals surface area (Å²) >= 11 is 0. The highest BCUT2D eigenvalue weighted by Gasteiger charge is 2.10. The van der Waals surface area contributed by atoms with E-state index in [-0.39, 0.29) is 5.78 Å². The van der Waals surface area contributed by atoms with Gasteiger partial charge in [0.25, 0.3) is 0 Å². The molecule has 0 aliphatic heterocycles. The van der Waals surface area contributed by atoms with E-state index in [2.05, 4.69) is 13.5 Å². The highest BCUT2D eigenvalue weighted by Crippen LogP contribution is 2.29. The fraction of sp³-hybridized carbons (Fsp3) is 0.471. The van der Waals surface area contributed by atoms with E-state index >= 15 is 0 Å². The molecule has 0 N–H and O–H groups in total. The largest absolute Gasteiger partial charge is 0.490 e. The minimum absolute atomic E-state index is 0.102. The molecule has 0 heterocycles. The van der Waals surface area contributed by atoms with Gasteiger partial charge in [0.15, 0.2) is 17.3 Å². The summed E-state index contributed by atoms with van der Waals surface area (Å²) in [5, 5.41) is 0. The van der Waals surface area contributed by atoms with Crippen molar-refractivity contribution < 1.29 is 14.3 Å². The number of benzene rings is 1. The Balaban J connectivity index is 2.90. The Hall–Kier alpha value is -1.77. The van der Waals surface area contributed by atoms with Gasteiger partial charge in [0.2, 0.25) is 0 Å². The van der Waals surface area contributed by atoms with Gasteiger partial charge in [-0.3, -0.25) is 4.79 Å². The van der Waals surface area contributed by atoms with Gasteiger partial charge in [-0.1, -0.05) is 26.8 Å². The van der Waals surface area contributed by atoms with Crippen LogP contribution in [0, 0.1) is 0 Å². The molecule has 0 bridgehead atoms. The average Bonchev–Trinajstić information content (AvgIpc) is 2.45. The first-order valence-corrected chi connectivity index (χ1v) is 7.15. The average molecular weight is 276 g/mol. The second-order valence-corrected chi connectivity index (χ2v) is 4.89. The van der Waals surface area contributed by atoms with Crippen molar-refractivity contribution in [1.29, 1.82) is 0 Å². The zero-order valence-electron chi connectivity index (χ0n) is 12.7. The summed E-state index contributed by atoms with van der Waals surface area (Å²) in [4.78, 5) is 11.8. The predicted octanol–water partition coefficient (Wildman–Crippen LogP) is 4.41. The minimum atomic E-state index is 0.102. The Morgan fingerprint density at radius 2 is 1.95 bits per heavy atom. The Morgan fingerprint density at radius 3 is 2.55 bits per heavy atom. The maximum absolute atomic E-state index is 11.8. The molecule has 0 saturated carbocycles. The molecule has 0 amide bonds. The molecule has 0 aliphatic carbocycles. The molecule has 110 valence electrons. The Bertz CT molecular complexity index is 463. The van der Waals surface area contributed by atoms with Crippen LogP contribution in [-0.2, 0) is 0 Å². The van der Waals surface area contributed by atoms with E-state index in [1.54, 1.807) is 12.1 Å². The number of hydrogen-bond acceptors (Lipinski definition) is 3. The number of hydrogen-bond donors (Lipinski definition) is 0. The number of rotatable bonds is 9. The monoisotopic (exact) mass is 276 g/mol. The number of ether oxygens (including phenoxy) is 2. The maximum Gasteiger partial charge on any atom is 0.162 e. The van der Waals surface area contributed by atoms with Crippen molar-refractivity contribution in [3.05, 3.63) is 35.9 Å². The van der Waals surface area contributed by atoms with Gasteiger partial charge in [-0.15, -0.1) is 0 Å². The maximum atomic E-state index is 11.8. The molecular weight excluding hydrogens is 252 g/mol. The summed E-state index contributed by atoms with van der Waals surface area (Å²) in [6, 6.07) is 5.36. The molecule has 3 nitrogen and oxygen atoms in total. The molecule has 0 radical (unpaired) electrons. The van der Waals surface area contributed by atoms with E-state index < -0.39 is 0 Å². The van der Waals surface area contributed by atoms with Crippen LogP contribution in [-0.4, -0.2) is 19.0 Å². The van der Waals surface area contributed by atoms with E-state index in [1.807, 2.05) is 19.9 Å². The molecule has 1 aromatic carbocycles. The van der Waals surface area contributed by atoms with Crippen molar-refractivity contribution in [1.82, 2.24) is 0 Å². The van der Waals surface area contributed by atoms with E-state index in [0.29, 0.717) is 36.7 Å². The molecule has 1 aromatic rings. The second-order valence-electron chi connectivity index (χ2n) is 4.89. The van der Waals surface area contributed by atoms with Crippen LogP contribution in [0.25, 0.3) is 0 Å². The Labute approximate surface area is 121 Å². The van der Waals surface area contributed by atoms with Gasteiger partial charge in [-0.25, -0.2) is 0 Å².